The van der Waals surface area contributed by atoms with E-state index in [0.717, 1.165) is 27.7 Å². The highest BCUT2D eigenvalue weighted by Crippen LogP contribution is 2.34. The van der Waals surface area contributed by atoms with E-state index in [1.54, 1.807) is 19.1 Å². The van der Waals surface area contributed by atoms with Gasteiger partial charge in [0.15, 0.2) is 5.78 Å². The van der Waals surface area contributed by atoms with Crippen molar-refractivity contribution in [1.29, 1.82) is 0 Å². The molecule has 0 spiro atoms. The Bertz CT molecular complexity index is 982. The lowest BCUT2D eigenvalue weighted by Crippen LogP contribution is -1.99. The van der Waals surface area contributed by atoms with Gasteiger partial charge in [0.2, 0.25) is 5.88 Å². The van der Waals surface area contributed by atoms with E-state index in [-0.39, 0.29) is 5.78 Å². The minimum atomic E-state index is 0.0427. The van der Waals surface area contributed by atoms with Crippen LogP contribution in [0.3, 0.4) is 0 Å². The highest BCUT2D eigenvalue weighted by atomic mass is 79.9. The van der Waals surface area contributed by atoms with Crippen LogP contribution in [0.5, 0.6) is 17.4 Å². The summed E-state index contributed by atoms with van der Waals surface area (Å²) in [5, 5.41) is 0.912. The van der Waals surface area contributed by atoms with E-state index >= 15 is 0 Å². The Hall–Kier alpha value is -2.40. The maximum absolute atomic E-state index is 11.5. The number of hydrogen-bond acceptors (Lipinski definition) is 4. The van der Waals surface area contributed by atoms with Crippen LogP contribution < -0.4 is 9.47 Å². The monoisotopic (exact) mass is 411 g/mol. The van der Waals surface area contributed by atoms with Gasteiger partial charge in [-0.3, -0.25) is 4.79 Å². The Labute approximate surface area is 160 Å². The zero-order chi connectivity index (χ0) is 18.1. The molecule has 0 bridgehead atoms. The lowest BCUT2D eigenvalue weighted by molar-refractivity contribution is 0.101. The largest absolute Gasteiger partial charge is 0.492 e. The first-order valence-electron chi connectivity index (χ1n) is 8.60. The van der Waals surface area contributed by atoms with Gasteiger partial charge in [-0.1, -0.05) is 0 Å². The van der Waals surface area contributed by atoms with Crippen molar-refractivity contribution in [2.24, 2.45) is 5.92 Å². The number of halogens is 1. The summed E-state index contributed by atoms with van der Waals surface area (Å²) in [6.07, 6.45) is 2.53. The second-order valence-corrected chi connectivity index (χ2v) is 7.42. The molecule has 5 heteroatoms. The summed E-state index contributed by atoms with van der Waals surface area (Å²) in [7, 11) is 0. The van der Waals surface area contributed by atoms with E-state index in [9.17, 15) is 4.79 Å². The SMILES string of the molecule is CC(=O)c1ccc2nc(Oc3ccc(OCC4CC4)c(Br)c3)ccc2c1. The molecule has 3 aromatic rings. The molecule has 132 valence electrons. The fourth-order valence-electron chi connectivity index (χ4n) is 2.66. The number of rotatable bonds is 6. The number of hydrogen-bond donors (Lipinski definition) is 0. The van der Waals surface area contributed by atoms with Crippen molar-refractivity contribution in [1.82, 2.24) is 4.98 Å². The van der Waals surface area contributed by atoms with Gasteiger partial charge in [0, 0.05) is 17.0 Å². The maximum atomic E-state index is 11.5. The molecular weight excluding hydrogens is 394 g/mol. The molecule has 1 aliphatic rings. The van der Waals surface area contributed by atoms with Crippen molar-refractivity contribution >= 4 is 32.6 Å². The lowest BCUT2D eigenvalue weighted by atomic mass is 10.1. The average molecular weight is 412 g/mol. The van der Waals surface area contributed by atoms with E-state index < -0.39 is 0 Å². The molecule has 1 aliphatic carbocycles. The van der Waals surface area contributed by atoms with Crippen molar-refractivity contribution in [3.05, 3.63) is 58.6 Å². The molecule has 1 fully saturated rings. The zero-order valence-corrected chi connectivity index (χ0v) is 16.0. The Balaban J connectivity index is 1.51. The van der Waals surface area contributed by atoms with Gasteiger partial charge >= 0.3 is 0 Å². The second-order valence-electron chi connectivity index (χ2n) is 6.56. The molecular formula is C21H18BrNO3. The number of aromatic nitrogens is 1. The number of benzene rings is 2. The molecule has 1 aromatic heterocycles. The number of carbonyl (C=O) groups is 1. The van der Waals surface area contributed by atoms with Crippen LogP contribution in [0.1, 0.15) is 30.1 Å². The predicted molar refractivity (Wildman–Crippen MR) is 104 cm³/mol. The third kappa shape index (κ3) is 3.88. The Morgan fingerprint density at radius 2 is 2.00 bits per heavy atom. The summed E-state index contributed by atoms with van der Waals surface area (Å²) in [5.74, 6) is 2.77. The van der Waals surface area contributed by atoms with Crippen LogP contribution in [0.2, 0.25) is 0 Å². The summed E-state index contributed by atoms with van der Waals surface area (Å²) in [6.45, 7) is 2.33. The van der Waals surface area contributed by atoms with E-state index in [2.05, 4.69) is 20.9 Å². The number of fused-ring (bicyclic) bond motifs is 1. The molecule has 1 saturated carbocycles. The van der Waals surface area contributed by atoms with Gasteiger partial charge in [-0.25, -0.2) is 4.98 Å². The summed E-state index contributed by atoms with van der Waals surface area (Å²) < 4.78 is 12.5. The first-order valence-corrected chi connectivity index (χ1v) is 9.40. The number of nitrogens with zero attached hydrogens (tertiary/aromatic N) is 1. The van der Waals surface area contributed by atoms with E-state index in [1.165, 1.54) is 12.8 Å². The van der Waals surface area contributed by atoms with Crippen LogP contribution in [-0.4, -0.2) is 17.4 Å². The number of ketones is 1. The summed E-state index contributed by atoms with van der Waals surface area (Å²) in [6, 6.07) is 14.8. The lowest BCUT2D eigenvalue weighted by Gasteiger charge is -2.10. The fourth-order valence-corrected chi connectivity index (χ4v) is 3.13. The first kappa shape index (κ1) is 17.0. The molecule has 1 heterocycles. The van der Waals surface area contributed by atoms with Gasteiger partial charge in [0.25, 0.3) is 0 Å². The van der Waals surface area contributed by atoms with E-state index in [0.29, 0.717) is 23.1 Å². The quantitative estimate of drug-likeness (QED) is 0.482. The van der Waals surface area contributed by atoms with Crippen LogP contribution in [0, 0.1) is 5.92 Å². The normalized spacial score (nSPS) is 13.6. The molecule has 4 nitrogen and oxygen atoms in total. The average Bonchev–Trinajstić information content (AvgIpc) is 3.45. The Morgan fingerprint density at radius 1 is 1.15 bits per heavy atom. The number of Topliss-reactive ketones (excluding diaryl/α,β-unsaturated/α-hetero) is 1. The third-order valence-corrected chi connectivity index (χ3v) is 4.99. The molecule has 0 amide bonds. The van der Waals surface area contributed by atoms with Gasteiger partial charge in [0.1, 0.15) is 11.5 Å². The molecule has 0 atom stereocenters. The first-order chi connectivity index (χ1) is 12.6. The van der Waals surface area contributed by atoms with Crippen LogP contribution in [0.4, 0.5) is 0 Å². The summed E-state index contributed by atoms with van der Waals surface area (Å²) in [4.78, 5) is 16.0. The minimum Gasteiger partial charge on any atom is -0.492 e. The Morgan fingerprint density at radius 3 is 2.73 bits per heavy atom. The van der Waals surface area contributed by atoms with Crippen molar-refractivity contribution in [3.8, 4) is 17.4 Å². The maximum Gasteiger partial charge on any atom is 0.219 e. The minimum absolute atomic E-state index is 0.0427. The topological polar surface area (TPSA) is 48.4 Å². The van der Waals surface area contributed by atoms with Crippen molar-refractivity contribution in [2.45, 2.75) is 19.8 Å². The molecule has 0 N–H and O–H groups in total. The van der Waals surface area contributed by atoms with Gasteiger partial charge < -0.3 is 9.47 Å². The highest BCUT2D eigenvalue weighted by Gasteiger charge is 2.22. The van der Waals surface area contributed by atoms with E-state index in [1.807, 2.05) is 36.4 Å². The van der Waals surface area contributed by atoms with Crippen molar-refractivity contribution < 1.29 is 14.3 Å². The third-order valence-electron chi connectivity index (χ3n) is 4.37. The summed E-state index contributed by atoms with van der Waals surface area (Å²) >= 11 is 3.53. The zero-order valence-electron chi connectivity index (χ0n) is 14.4. The van der Waals surface area contributed by atoms with Crippen molar-refractivity contribution in [3.63, 3.8) is 0 Å². The van der Waals surface area contributed by atoms with Gasteiger partial charge in [-0.2, -0.15) is 0 Å². The Kier molecular flexibility index (Phi) is 4.64. The smallest absolute Gasteiger partial charge is 0.219 e. The number of pyridine rings is 1. The molecule has 0 aliphatic heterocycles. The van der Waals surface area contributed by atoms with Gasteiger partial charge in [-0.15, -0.1) is 0 Å². The molecule has 4 rings (SSSR count). The van der Waals surface area contributed by atoms with Crippen LogP contribution in [0.15, 0.2) is 53.0 Å². The van der Waals surface area contributed by atoms with Gasteiger partial charge in [0.05, 0.1) is 16.6 Å². The molecule has 0 radical (unpaired) electrons. The molecule has 0 saturated heterocycles. The standard InChI is InChI=1S/C21H18BrNO3/c1-13(24)15-4-7-19-16(10-15)5-9-21(23-19)26-17-6-8-20(18(22)11-17)25-12-14-2-3-14/h4-11,14H,2-3,12H2,1H3. The molecule has 2 aromatic carbocycles. The van der Waals surface area contributed by atoms with Crippen molar-refractivity contribution in [2.75, 3.05) is 6.61 Å². The summed E-state index contributed by atoms with van der Waals surface area (Å²) in [5.41, 5.74) is 1.47. The van der Waals surface area contributed by atoms with Crippen LogP contribution in [-0.2, 0) is 0 Å². The number of ether oxygens (including phenoxy) is 2. The van der Waals surface area contributed by atoms with Crippen LogP contribution in [0.25, 0.3) is 10.9 Å². The number of carbonyl (C=O) groups excluding carboxylic acids is 1. The van der Waals surface area contributed by atoms with E-state index in [4.69, 9.17) is 9.47 Å². The second kappa shape index (κ2) is 7.08. The predicted octanol–water partition coefficient (Wildman–Crippen LogP) is 5.78. The fraction of sp³-hybridized carbons (Fsp3) is 0.238. The molecule has 0 unspecified atom stereocenters. The highest BCUT2D eigenvalue weighted by molar-refractivity contribution is 9.10. The van der Waals surface area contributed by atoms with Crippen LogP contribution >= 0.6 is 15.9 Å². The molecule has 26 heavy (non-hydrogen) atoms. The van der Waals surface area contributed by atoms with Gasteiger partial charge in [-0.05, 0) is 84.1 Å².